The minimum atomic E-state index is -0.427. The average Bonchev–Trinajstić information content (AvgIpc) is 2.03. The molecule has 0 radical (unpaired) electrons. The van der Waals surface area contributed by atoms with Crippen molar-refractivity contribution in [2.24, 2.45) is 5.84 Å². The van der Waals surface area contributed by atoms with E-state index < -0.39 is 5.91 Å². The first kappa shape index (κ1) is 8.83. The van der Waals surface area contributed by atoms with Crippen molar-refractivity contribution in [3.05, 3.63) is 28.8 Å². The highest BCUT2D eigenvalue weighted by molar-refractivity contribution is 6.31. The molecule has 0 aliphatic rings. The number of amides is 1. The van der Waals surface area contributed by atoms with Gasteiger partial charge in [-0.2, -0.15) is 0 Å². The van der Waals surface area contributed by atoms with Crippen molar-refractivity contribution in [1.82, 2.24) is 5.43 Å². The molecule has 64 valence electrons. The molecule has 1 aromatic carbocycles. The van der Waals surface area contributed by atoms with Crippen LogP contribution in [0.3, 0.4) is 0 Å². The van der Waals surface area contributed by atoms with Gasteiger partial charge in [-0.05, 0) is 18.2 Å². The Morgan fingerprint density at radius 1 is 1.50 bits per heavy atom. The first-order valence-corrected chi connectivity index (χ1v) is 3.59. The van der Waals surface area contributed by atoms with E-state index in [4.69, 9.17) is 23.2 Å². The molecular weight excluding hydrogens is 178 g/mol. The Morgan fingerprint density at radius 3 is 2.67 bits per heavy atom. The molecule has 1 rings (SSSR count). The molecule has 0 fully saturated rings. The Morgan fingerprint density at radius 2 is 2.17 bits per heavy atom. The van der Waals surface area contributed by atoms with Crippen molar-refractivity contribution in [3.63, 3.8) is 0 Å². The lowest BCUT2D eigenvalue weighted by molar-refractivity contribution is 0.0954. The number of carbonyl (C=O) groups excluding carboxylic acids is 1. The number of carbonyl (C=O) groups is 1. The van der Waals surface area contributed by atoms with Crippen molar-refractivity contribution >= 4 is 23.2 Å². The third kappa shape index (κ3) is 1.66. The van der Waals surface area contributed by atoms with Crippen molar-refractivity contribution in [1.29, 1.82) is 0 Å². The fourth-order valence-electron chi connectivity index (χ4n) is 0.818. The summed E-state index contributed by atoms with van der Waals surface area (Å²) in [5.41, 5.74) is 8.11. The SMILES string of the molecule is NNC(=O)c1ccc(Cl)cc1N. The van der Waals surface area contributed by atoms with Gasteiger partial charge in [-0.15, -0.1) is 0 Å². The molecule has 0 aromatic heterocycles. The largest absolute Gasteiger partial charge is 0.398 e. The minimum absolute atomic E-state index is 0.311. The minimum Gasteiger partial charge on any atom is -0.398 e. The summed E-state index contributed by atoms with van der Waals surface area (Å²) in [5.74, 6) is 4.50. The van der Waals surface area contributed by atoms with Gasteiger partial charge >= 0.3 is 0 Å². The molecule has 0 spiro atoms. The van der Waals surface area contributed by atoms with E-state index in [1.165, 1.54) is 12.1 Å². The van der Waals surface area contributed by atoms with Crippen molar-refractivity contribution in [2.45, 2.75) is 0 Å². The maximum atomic E-state index is 11.0. The quantitative estimate of drug-likeness (QED) is 0.258. The molecule has 1 amide bonds. The number of nitrogens with one attached hydrogen (secondary N) is 1. The summed E-state index contributed by atoms with van der Waals surface area (Å²) < 4.78 is 0. The van der Waals surface area contributed by atoms with Gasteiger partial charge in [-0.1, -0.05) is 11.6 Å². The smallest absolute Gasteiger partial charge is 0.267 e. The molecular formula is C7H8ClN3O. The highest BCUT2D eigenvalue weighted by atomic mass is 35.5. The first-order valence-electron chi connectivity index (χ1n) is 3.21. The van der Waals surface area contributed by atoms with Crippen LogP contribution in [0.25, 0.3) is 0 Å². The van der Waals surface area contributed by atoms with E-state index in [0.717, 1.165) is 0 Å². The molecule has 12 heavy (non-hydrogen) atoms. The third-order valence-corrected chi connectivity index (χ3v) is 1.62. The van der Waals surface area contributed by atoms with Gasteiger partial charge < -0.3 is 5.73 Å². The molecule has 4 nitrogen and oxygen atoms in total. The molecule has 0 saturated heterocycles. The number of benzene rings is 1. The lowest BCUT2D eigenvalue weighted by Crippen LogP contribution is -2.30. The Labute approximate surface area is 74.5 Å². The maximum absolute atomic E-state index is 11.0. The summed E-state index contributed by atoms with van der Waals surface area (Å²) in [6.45, 7) is 0. The lowest BCUT2D eigenvalue weighted by Gasteiger charge is -2.03. The topological polar surface area (TPSA) is 81.1 Å². The van der Waals surface area contributed by atoms with Gasteiger partial charge in [0.1, 0.15) is 0 Å². The number of anilines is 1. The van der Waals surface area contributed by atoms with Gasteiger partial charge in [0, 0.05) is 10.7 Å². The molecule has 0 atom stereocenters. The maximum Gasteiger partial charge on any atom is 0.267 e. The second-order valence-corrected chi connectivity index (χ2v) is 2.64. The van der Waals surface area contributed by atoms with Gasteiger partial charge in [0.15, 0.2) is 0 Å². The number of hydrazine groups is 1. The molecule has 0 saturated carbocycles. The van der Waals surface area contributed by atoms with Crippen LogP contribution in [0.15, 0.2) is 18.2 Å². The van der Waals surface area contributed by atoms with Crippen molar-refractivity contribution < 1.29 is 4.79 Å². The van der Waals surface area contributed by atoms with Crippen LogP contribution in [0, 0.1) is 0 Å². The third-order valence-electron chi connectivity index (χ3n) is 1.39. The molecule has 0 aliphatic carbocycles. The number of hydrogen-bond acceptors (Lipinski definition) is 3. The van der Waals surface area contributed by atoms with E-state index in [0.29, 0.717) is 16.3 Å². The second-order valence-electron chi connectivity index (χ2n) is 2.21. The first-order chi connectivity index (χ1) is 5.65. The fraction of sp³-hybridized carbons (Fsp3) is 0. The lowest BCUT2D eigenvalue weighted by atomic mass is 10.2. The average molecular weight is 186 g/mol. The number of rotatable bonds is 1. The monoisotopic (exact) mass is 185 g/mol. The van der Waals surface area contributed by atoms with Crippen molar-refractivity contribution in [3.8, 4) is 0 Å². The molecule has 0 aliphatic heterocycles. The van der Waals surface area contributed by atoms with Gasteiger partial charge in [-0.3, -0.25) is 10.2 Å². The van der Waals surface area contributed by atoms with E-state index in [-0.39, 0.29) is 0 Å². The van der Waals surface area contributed by atoms with Gasteiger partial charge in [-0.25, -0.2) is 5.84 Å². The Kier molecular flexibility index (Phi) is 2.52. The van der Waals surface area contributed by atoms with Gasteiger partial charge in [0.25, 0.3) is 5.91 Å². The van der Waals surface area contributed by atoms with E-state index in [2.05, 4.69) is 0 Å². The van der Waals surface area contributed by atoms with E-state index in [1.54, 1.807) is 6.07 Å². The van der Waals surface area contributed by atoms with Crippen LogP contribution in [0.4, 0.5) is 5.69 Å². The van der Waals surface area contributed by atoms with E-state index >= 15 is 0 Å². The highest BCUT2D eigenvalue weighted by Crippen LogP contribution is 2.17. The second kappa shape index (κ2) is 3.42. The van der Waals surface area contributed by atoms with Gasteiger partial charge in [0.05, 0.1) is 5.56 Å². The predicted octanol–water partition coefficient (Wildman–Crippen LogP) is 0.526. The molecule has 1 aromatic rings. The number of nitrogen functional groups attached to an aromatic ring is 2. The summed E-state index contributed by atoms with van der Waals surface area (Å²) in [6, 6.07) is 4.58. The molecule has 0 bridgehead atoms. The van der Waals surface area contributed by atoms with Crippen LogP contribution in [-0.4, -0.2) is 5.91 Å². The van der Waals surface area contributed by atoms with Crippen molar-refractivity contribution in [2.75, 3.05) is 5.73 Å². The summed E-state index contributed by atoms with van der Waals surface area (Å²) in [7, 11) is 0. The number of nitrogens with two attached hydrogens (primary N) is 2. The normalized spacial score (nSPS) is 9.50. The number of hydrogen-bond donors (Lipinski definition) is 3. The van der Waals surface area contributed by atoms with E-state index in [9.17, 15) is 4.79 Å². The Hall–Kier alpha value is -1.26. The highest BCUT2D eigenvalue weighted by Gasteiger charge is 2.07. The zero-order valence-corrected chi connectivity index (χ0v) is 6.93. The molecule has 5 heteroatoms. The Balaban J connectivity index is 3.09. The molecule has 5 N–H and O–H groups in total. The van der Waals surface area contributed by atoms with Crippen LogP contribution >= 0.6 is 11.6 Å². The fourth-order valence-corrected chi connectivity index (χ4v) is 0.999. The van der Waals surface area contributed by atoms with Crippen LogP contribution in [0.1, 0.15) is 10.4 Å². The van der Waals surface area contributed by atoms with E-state index in [1.807, 2.05) is 5.43 Å². The zero-order chi connectivity index (χ0) is 9.14. The standard InChI is InChI=1S/C7H8ClN3O/c8-4-1-2-5(6(9)3-4)7(12)11-10/h1-3H,9-10H2,(H,11,12). The summed E-state index contributed by atoms with van der Waals surface area (Å²) in [5, 5.41) is 0.487. The summed E-state index contributed by atoms with van der Waals surface area (Å²) in [4.78, 5) is 11.0. The Bertz CT molecular complexity index is 314. The zero-order valence-electron chi connectivity index (χ0n) is 6.17. The van der Waals surface area contributed by atoms with Crippen LogP contribution in [0.5, 0.6) is 0 Å². The van der Waals surface area contributed by atoms with Crippen LogP contribution in [0.2, 0.25) is 5.02 Å². The van der Waals surface area contributed by atoms with Crippen LogP contribution < -0.4 is 17.0 Å². The molecule has 0 heterocycles. The summed E-state index contributed by atoms with van der Waals surface area (Å²) >= 11 is 5.62. The summed E-state index contributed by atoms with van der Waals surface area (Å²) in [6.07, 6.45) is 0. The van der Waals surface area contributed by atoms with Crippen LogP contribution in [-0.2, 0) is 0 Å². The number of halogens is 1. The van der Waals surface area contributed by atoms with Gasteiger partial charge in [0.2, 0.25) is 0 Å². The molecule has 0 unspecified atom stereocenters. The predicted molar refractivity (Wildman–Crippen MR) is 47.5 cm³/mol.